The second kappa shape index (κ2) is 18.7. The first-order chi connectivity index (χ1) is 28.7. The second-order valence-electron chi connectivity index (χ2n) is 21.1. The van der Waals surface area contributed by atoms with Gasteiger partial charge in [0.05, 0.1) is 18.6 Å². The highest BCUT2D eigenvalue weighted by Crippen LogP contribution is 2.63. The molecule has 0 aliphatic heterocycles. The van der Waals surface area contributed by atoms with E-state index in [4.69, 9.17) is 9.47 Å². The fourth-order valence-electron chi connectivity index (χ4n) is 13.0. The van der Waals surface area contributed by atoms with E-state index >= 15 is 0 Å². The van der Waals surface area contributed by atoms with Crippen molar-refractivity contribution in [2.24, 2.45) is 11.8 Å². The molecule has 7 rings (SSSR count). The second-order valence-corrected chi connectivity index (χ2v) is 25.6. The zero-order valence-corrected chi connectivity index (χ0v) is 40.9. The molecule has 4 heteroatoms. The Morgan fingerprint density at radius 1 is 0.667 bits per heavy atom. The lowest BCUT2D eigenvalue weighted by Crippen LogP contribution is -2.64. The van der Waals surface area contributed by atoms with E-state index in [-0.39, 0.29) is 5.54 Å². The molecule has 3 aromatic rings. The predicted octanol–water partition coefficient (Wildman–Crippen LogP) is 15.5. The van der Waals surface area contributed by atoms with Crippen molar-refractivity contribution in [3.63, 3.8) is 0 Å². The zero-order valence-electron chi connectivity index (χ0n) is 39.9. The largest absolute Gasteiger partial charge is 0.493 e. The predicted molar refractivity (Wildman–Crippen MR) is 259 cm³/mol. The van der Waals surface area contributed by atoms with Crippen LogP contribution >= 0.6 is 0 Å². The molecule has 4 aliphatic rings. The van der Waals surface area contributed by atoms with Crippen molar-refractivity contribution in [1.82, 2.24) is 4.57 Å². The van der Waals surface area contributed by atoms with E-state index < -0.39 is 13.7 Å². The summed E-state index contributed by atoms with van der Waals surface area (Å²) in [5.74, 6) is 3.25. The monoisotopic (exact) mass is 828 g/mol. The first-order valence-corrected chi connectivity index (χ1v) is 27.6. The van der Waals surface area contributed by atoms with Crippen LogP contribution in [0.2, 0.25) is 18.6 Å². The van der Waals surface area contributed by atoms with Crippen LogP contribution in [0.15, 0.2) is 66.3 Å². The highest BCUT2D eigenvalue weighted by Gasteiger charge is 2.56. The topological polar surface area (TPSA) is 21.7 Å². The van der Waals surface area contributed by atoms with E-state index in [1.807, 2.05) is 0 Å². The minimum Gasteiger partial charge on any atom is -0.493 e. The zero-order chi connectivity index (χ0) is 42.8. The number of hydrogen-bond donors (Lipinski definition) is 0. The van der Waals surface area contributed by atoms with Crippen molar-refractivity contribution in [2.45, 2.75) is 194 Å². The summed E-state index contributed by atoms with van der Waals surface area (Å²) in [6, 6.07) is 20.2. The van der Waals surface area contributed by atoms with Crippen LogP contribution in [-0.2, 0) is 5.41 Å². The Labute approximate surface area is 367 Å². The molecule has 0 spiro atoms. The van der Waals surface area contributed by atoms with Crippen LogP contribution in [0.1, 0.15) is 175 Å². The minimum atomic E-state index is -1.88. The fraction of sp³-hybridized carbons (Fsp3) is 0.607. The molecule has 2 fully saturated rings. The Kier molecular flexibility index (Phi) is 14.0. The van der Waals surface area contributed by atoms with E-state index in [0.29, 0.717) is 11.8 Å². The summed E-state index contributed by atoms with van der Waals surface area (Å²) < 4.78 is 16.3. The van der Waals surface area contributed by atoms with Crippen molar-refractivity contribution >= 4 is 13.8 Å². The van der Waals surface area contributed by atoms with E-state index in [1.54, 1.807) is 0 Å². The standard InChI is InChI=1S/C56H81NO2Si/c1-12-14-16-23-31-58-53-39(3)33-44(34-40(53)4)56(45-35-41(5)54(42(6)36-45)59-32-24-17-15-13-2)50-28-22-21-27-47(50)49-38-48-43(37-51(49)56)29-30-52(48)60(10,11)57(55(7,8)9)46-25-19-18-20-26-46/h21-22,27-28,33-38,43,46,48,52H,12-20,23-26,29-32H2,1-11H3. The third-order valence-corrected chi connectivity index (χ3v) is 20.1. The summed E-state index contributed by atoms with van der Waals surface area (Å²) in [6.45, 7) is 28.3. The minimum absolute atomic E-state index is 0.177. The molecule has 3 atom stereocenters. The molecular formula is C56H81NO2Si. The molecule has 0 heterocycles. The van der Waals surface area contributed by atoms with Gasteiger partial charge in [0, 0.05) is 11.6 Å². The summed E-state index contributed by atoms with van der Waals surface area (Å²) in [7, 11) is -1.88. The van der Waals surface area contributed by atoms with Gasteiger partial charge < -0.3 is 14.0 Å². The van der Waals surface area contributed by atoms with Gasteiger partial charge in [0.25, 0.3) is 0 Å². The van der Waals surface area contributed by atoms with Crippen molar-refractivity contribution in [3.05, 3.63) is 111 Å². The van der Waals surface area contributed by atoms with Gasteiger partial charge in [0.15, 0.2) is 0 Å². The van der Waals surface area contributed by atoms with Gasteiger partial charge in [0.2, 0.25) is 0 Å². The lowest BCUT2D eigenvalue weighted by atomic mass is 9.64. The maximum atomic E-state index is 6.61. The van der Waals surface area contributed by atoms with Gasteiger partial charge in [-0.25, -0.2) is 0 Å². The van der Waals surface area contributed by atoms with E-state index in [1.165, 1.54) is 139 Å². The average Bonchev–Trinajstić information content (AvgIpc) is 3.76. The Bertz CT molecular complexity index is 1910. The number of fused-ring (bicyclic) bond motifs is 4. The summed E-state index contributed by atoms with van der Waals surface area (Å²) in [5, 5.41) is 0. The number of allylic oxidation sites excluding steroid dienone is 4. The van der Waals surface area contributed by atoms with Gasteiger partial charge in [-0.1, -0.05) is 152 Å². The number of rotatable bonds is 17. The van der Waals surface area contributed by atoms with Gasteiger partial charge in [-0.2, -0.15) is 0 Å². The number of aryl methyl sites for hydroxylation is 4. The summed E-state index contributed by atoms with van der Waals surface area (Å²) >= 11 is 0. The molecule has 0 bridgehead atoms. The van der Waals surface area contributed by atoms with Gasteiger partial charge in [-0.15, -0.1) is 0 Å². The summed E-state index contributed by atoms with van der Waals surface area (Å²) in [5.41, 5.74) is 14.0. The molecule has 326 valence electrons. The SMILES string of the molecule is CCCCCCOc1c(C)cc(C2(c3cc(C)c(OCCCCCC)c(C)c3)C3=CC4CCC([Si](C)(C)N(C5CCCCC5)C(C)(C)C)C4C=C3c3ccccc32)cc1C. The summed E-state index contributed by atoms with van der Waals surface area (Å²) in [6.07, 6.45) is 24.9. The lowest BCUT2D eigenvalue weighted by molar-refractivity contribution is 0.140. The van der Waals surface area contributed by atoms with Crippen LogP contribution in [-0.4, -0.2) is 37.6 Å². The molecule has 0 saturated heterocycles. The normalized spacial score (nSPS) is 21.4. The van der Waals surface area contributed by atoms with Gasteiger partial charge in [0.1, 0.15) is 19.7 Å². The average molecular weight is 828 g/mol. The number of benzene rings is 3. The molecule has 0 amide bonds. The maximum Gasteiger partial charge on any atom is 0.126 e. The van der Waals surface area contributed by atoms with Gasteiger partial charge in [-0.3, -0.25) is 0 Å². The Morgan fingerprint density at radius 2 is 1.20 bits per heavy atom. The number of unbranched alkanes of at least 4 members (excludes halogenated alkanes) is 6. The molecule has 60 heavy (non-hydrogen) atoms. The molecule has 3 aromatic carbocycles. The van der Waals surface area contributed by atoms with Crippen LogP contribution in [0.25, 0.3) is 5.57 Å². The van der Waals surface area contributed by atoms with E-state index in [9.17, 15) is 0 Å². The Hall–Kier alpha value is -3.08. The van der Waals surface area contributed by atoms with Crippen molar-refractivity contribution in [3.8, 4) is 11.5 Å². The van der Waals surface area contributed by atoms with Crippen LogP contribution in [0, 0.1) is 39.5 Å². The smallest absolute Gasteiger partial charge is 0.126 e. The molecular weight excluding hydrogens is 747 g/mol. The number of ether oxygens (including phenoxy) is 2. The highest BCUT2D eigenvalue weighted by molar-refractivity contribution is 6.76. The van der Waals surface area contributed by atoms with Crippen molar-refractivity contribution in [1.29, 1.82) is 0 Å². The van der Waals surface area contributed by atoms with Gasteiger partial charge in [-0.05, 0) is 154 Å². The number of nitrogens with zero attached hydrogens (tertiary/aromatic N) is 1. The molecule has 0 aromatic heterocycles. The molecule has 3 unspecified atom stereocenters. The third-order valence-electron chi connectivity index (χ3n) is 15.3. The molecule has 3 nitrogen and oxygen atoms in total. The Morgan fingerprint density at radius 3 is 1.72 bits per heavy atom. The molecule has 2 saturated carbocycles. The molecule has 4 aliphatic carbocycles. The first kappa shape index (κ1) is 45.0. The maximum absolute atomic E-state index is 6.61. The number of hydrogen-bond acceptors (Lipinski definition) is 3. The van der Waals surface area contributed by atoms with Crippen LogP contribution in [0.5, 0.6) is 11.5 Å². The lowest BCUT2D eigenvalue weighted by Gasteiger charge is -2.55. The first-order valence-electron chi connectivity index (χ1n) is 24.6. The quantitative estimate of drug-likeness (QED) is 0.0999. The van der Waals surface area contributed by atoms with E-state index in [0.717, 1.165) is 49.1 Å². The van der Waals surface area contributed by atoms with E-state index in [2.05, 4.69) is 141 Å². The van der Waals surface area contributed by atoms with Crippen LogP contribution < -0.4 is 9.47 Å². The summed E-state index contributed by atoms with van der Waals surface area (Å²) in [4.78, 5) is 0. The van der Waals surface area contributed by atoms with Crippen molar-refractivity contribution < 1.29 is 9.47 Å². The van der Waals surface area contributed by atoms with Crippen LogP contribution in [0.4, 0.5) is 0 Å². The molecule has 0 radical (unpaired) electrons. The fourth-order valence-corrected chi connectivity index (χ4v) is 18.5. The molecule has 0 N–H and O–H groups in total. The Balaban J connectivity index is 1.36. The highest BCUT2D eigenvalue weighted by atomic mass is 28.3. The van der Waals surface area contributed by atoms with Gasteiger partial charge >= 0.3 is 0 Å². The third kappa shape index (κ3) is 8.52. The van der Waals surface area contributed by atoms with Crippen molar-refractivity contribution in [2.75, 3.05) is 13.2 Å². The van der Waals surface area contributed by atoms with Crippen LogP contribution in [0.3, 0.4) is 0 Å².